The number of nitrogens with one attached hydrogen (secondary N) is 3. The van der Waals surface area contributed by atoms with Crippen LogP contribution in [0.15, 0.2) is 58.1 Å². The Bertz CT molecular complexity index is 975. The van der Waals surface area contributed by atoms with Crippen LogP contribution in [0.2, 0.25) is 0 Å². The molecule has 0 radical (unpaired) electrons. The average molecular weight is 394 g/mol. The SMILES string of the molecule is CN=C(NCCNC(=O)c1ccco1)NCc1ccccc1-n1nc(C)cc1C. The Morgan fingerprint density at radius 2 is 1.90 bits per heavy atom. The van der Waals surface area contributed by atoms with E-state index < -0.39 is 0 Å². The lowest BCUT2D eigenvalue weighted by atomic mass is 10.1. The second-order valence-corrected chi connectivity index (χ2v) is 6.55. The fraction of sp³-hybridized carbons (Fsp3) is 0.286. The van der Waals surface area contributed by atoms with Crippen LogP contribution in [-0.2, 0) is 6.54 Å². The molecular formula is C21H26N6O2. The van der Waals surface area contributed by atoms with Gasteiger partial charge in [0.2, 0.25) is 0 Å². The highest BCUT2D eigenvalue weighted by atomic mass is 16.3. The number of rotatable bonds is 7. The zero-order valence-corrected chi connectivity index (χ0v) is 16.9. The van der Waals surface area contributed by atoms with Crippen LogP contribution >= 0.6 is 0 Å². The number of furan rings is 1. The van der Waals surface area contributed by atoms with Gasteiger partial charge in [0.1, 0.15) is 0 Å². The number of aryl methyl sites for hydroxylation is 2. The summed E-state index contributed by atoms with van der Waals surface area (Å²) in [4.78, 5) is 16.1. The highest BCUT2D eigenvalue weighted by molar-refractivity contribution is 5.91. The van der Waals surface area contributed by atoms with Gasteiger partial charge in [-0.2, -0.15) is 5.10 Å². The molecule has 0 aliphatic rings. The maximum atomic E-state index is 11.8. The van der Waals surface area contributed by atoms with Gasteiger partial charge in [0.25, 0.3) is 5.91 Å². The van der Waals surface area contributed by atoms with Crippen LogP contribution in [0.5, 0.6) is 0 Å². The predicted octanol–water partition coefficient (Wildman–Crippen LogP) is 2.18. The second kappa shape index (κ2) is 9.59. The highest BCUT2D eigenvalue weighted by Crippen LogP contribution is 2.16. The monoisotopic (exact) mass is 394 g/mol. The minimum absolute atomic E-state index is 0.237. The molecule has 8 nitrogen and oxygen atoms in total. The summed E-state index contributed by atoms with van der Waals surface area (Å²) < 4.78 is 7.02. The van der Waals surface area contributed by atoms with Crippen LogP contribution in [0.4, 0.5) is 0 Å². The fourth-order valence-corrected chi connectivity index (χ4v) is 2.99. The van der Waals surface area contributed by atoms with E-state index in [2.05, 4.69) is 44.2 Å². The largest absolute Gasteiger partial charge is 0.459 e. The molecule has 0 saturated carbocycles. The van der Waals surface area contributed by atoms with Gasteiger partial charge in [-0.3, -0.25) is 9.79 Å². The lowest BCUT2D eigenvalue weighted by molar-refractivity contribution is 0.0926. The number of amides is 1. The summed E-state index contributed by atoms with van der Waals surface area (Å²) >= 11 is 0. The van der Waals surface area contributed by atoms with Crippen LogP contribution in [0.3, 0.4) is 0 Å². The summed E-state index contributed by atoms with van der Waals surface area (Å²) in [6.45, 7) is 5.60. The summed E-state index contributed by atoms with van der Waals surface area (Å²) in [5, 5.41) is 13.9. The smallest absolute Gasteiger partial charge is 0.287 e. The molecule has 0 spiro atoms. The predicted molar refractivity (Wildman–Crippen MR) is 112 cm³/mol. The van der Waals surface area contributed by atoms with Gasteiger partial charge < -0.3 is 20.4 Å². The van der Waals surface area contributed by atoms with E-state index in [4.69, 9.17) is 4.42 Å². The first kappa shape index (κ1) is 20.2. The van der Waals surface area contributed by atoms with E-state index in [0.717, 1.165) is 22.6 Å². The molecular weight excluding hydrogens is 368 g/mol. The van der Waals surface area contributed by atoms with Crippen molar-refractivity contribution in [2.75, 3.05) is 20.1 Å². The molecule has 3 aromatic rings. The molecule has 3 N–H and O–H groups in total. The Morgan fingerprint density at radius 3 is 2.59 bits per heavy atom. The zero-order chi connectivity index (χ0) is 20.6. The van der Waals surface area contributed by atoms with Crippen molar-refractivity contribution in [3.63, 3.8) is 0 Å². The number of benzene rings is 1. The van der Waals surface area contributed by atoms with Crippen molar-refractivity contribution in [1.82, 2.24) is 25.7 Å². The van der Waals surface area contributed by atoms with E-state index in [1.807, 2.05) is 30.7 Å². The number of guanidine groups is 1. The van der Waals surface area contributed by atoms with Crippen LogP contribution in [-0.4, -0.2) is 41.8 Å². The van der Waals surface area contributed by atoms with Gasteiger partial charge in [-0.05, 0) is 43.7 Å². The van der Waals surface area contributed by atoms with Crippen LogP contribution < -0.4 is 16.0 Å². The van der Waals surface area contributed by atoms with Gasteiger partial charge in [-0.15, -0.1) is 0 Å². The van der Waals surface area contributed by atoms with E-state index in [1.54, 1.807) is 19.2 Å². The number of aliphatic imine (C=N–C) groups is 1. The minimum atomic E-state index is -0.237. The summed E-state index contributed by atoms with van der Waals surface area (Å²) in [6, 6.07) is 13.5. The van der Waals surface area contributed by atoms with E-state index >= 15 is 0 Å². The molecule has 0 aliphatic carbocycles. The van der Waals surface area contributed by atoms with E-state index in [-0.39, 0.29) is 5.91 Å². The number of carbonyl (C=O) groups is 1. The van der Waals surface area contributed by atoms with Crippen molar-refractivity contribution in [2.24, 2.45) is 4.99 Å². The van der Waals surface area contributed by atoms with E-state index in [1.165, 1.54) is 6.26 Å². The first-order chi connectivity index (χ1) is 14.1. The lowest BCUT2D eigenvalue weighted by Crippen LogP contribution is -2.41. The Balaban J connectivity index is 1.52. The average Bonchev–Trinajstić information content (AvgIpc) is 3.37. The summed E-state index contributed by atoms with van der Waals surface area (Å²) in [6.07, 6.45) is 1.48. The number of hydrogen-bond donors (Lipinski definition) is 3. The molecule has 1 aromatic carbocycles. The summed E-state index contributed by atoms with van der Waals surface area (Å²) in [5.74, 6) is 0.715. The highest BCUT2D eigenvalue weighted by Gasteiger charge is 2.10. The zero-order valence-electron chi connectivity index (χ0n) is 16.9. The molecule has 29 heavy (non-hydrogen) atoms. The minimum Gasteiger partial charge on any atom is -0.459 e. The second-order valence-electron chi connectivity index (χ2n) is 6.55. The number of para-hydroxylation sites is 1. The molecule has 152 valence electrons. The number of nitrogens with zero attached hydrogens (tertiary/aromatic N) is 3. The first-order valence-electron chi connectivity index (χ1n) is 9.46. The van der Waals surface area contributed by atoms with Crippen molar-refractivity contribution in [3.05, 3.63) is 71.4 Å². The Kier molecular flexibility index (Phi) is 6.67. The molecule has 0 fully saturated rings. The van der Waals surface area contributed by atoms with Gasteiger partial charge in [-0.1, -0.05) is 18.2 Å². The van der Waals surface area contributed by atoms with Crippen molar-refractivity contribution in [2.45, 2.75) is 20.4 Å². The molecule has 0 bridgehead atoms. The standard InChI is InChI=1S/C21H26N6O2/c1-15-13-16(2)27(26-15)18-8-5-4-7-17(18)14-25-21(22-3)24-11-10-23-20(28)19-9-6-12-29-19/h4-9,12-13H,10-11,14H2,1-3H3,(H,23,28)(H2,22,24,25). The Labute approximate surface area is 170 Å². The number of hydrogen-bond acceptors (Lipinski definition) is 4. The van der Waals surface area contributed by atoms with Crippen LogP contribution in [0.1, 0.15) is 27.5 Å². The third-order valence-electron chi connectivity index (χ3n) is 4.35. The Hall–Kier alpha value is -3.55. The van der Waals surface area contributed by atoms with Crippen molar-refractivity contribution in [3.8, 4) is 5.69 Å². The van der Waals surface area contributed by atoms with Crippen LogP contribution in [0.25, 0.3) is 5.69 Å². The number of carbonyl (C=O) groups excluding carboxylic acids is 1. The number of aromatic nitrogens is 2. The third-order valence-corrected chi connectivity index (χ3v) is 4.35. The lowest BCUT2D eigenvalue weighted by Gasteiger charge is -2.15. The molecule has 8 heteroatoms. The summed E-state index contributed by atoms with van der Waals surface area (Å²) in [7, 11) is 1.71. The molecule has 1 amide bonds. The van der Waals surface area contributed by atoms with Gasteiger partial charge in [0.15, 0.2) is 11.7 Å². The van der Waals surface area contributed by atoms with Crippen molar-refractivity contribution >= 4 is 11.9 Å². The molecule has 3 rings (SSSR count). The van der Waals surface area contributed by atoms with Gasteiger partial charge in [0.05, 0.1) is 17.6 Å². The Morgan fingerprint density at radius 1 is 1.10 bits per heavy atom. The van der Waals surface area contributed by atoms with Crippen LogP contribution in [0, 0.1) is 13.8 Å². The molecule has 0 aliphatic heterocycles. The molecule has 2 aromatic heterocycles. The normalized spacial score (nSPS) is 11.3. The fourth-order valence-electron chi connectivity index (χ4n) is 2.99. The molecule has 0 atom stereocenters. The molecule has 2 heterocycles. The van der Waals surface area contributed by atoms with Gasteiger partial charge in [0, 0.05) is 32.4 Å². The quantitative estimate of drug-likeness (QED) is 0.324. The maximum Gasteiger partial charge on any atom is 0.287 e. The summed E-state index contributed by atoms with van der Waals surface area (Å²) in [5.41, 5.74) is 4.21. The van der Waals surface area contributed by atoms with Crippen molar-refractivity contribution in [1.29, 1.82) is 0 Å². The molecule has 0 saturated heterocycles. The van der Waals surface area contributed by atoms with E-state index in [0.29, 0.717) is 31.4 Å². The first-order valence-corrected chi connectivity index (χ1v) is 9.46. The third kappa shape index (κ3) is 5.25. The van der Waals surface area contributed by atoms with Gasteiger partial charge in [-0.25, -0.2) is 4.68 Å². The topological polar surface area (TPSA) is 96.5 Å². The van der Waals surface area contributed by atoms with E-state index in [9.17, 15) is 4.79 Å². The molecule has 0 unspecified atom stereocenters. The van der Waals surface area contributed by atoms with Crippen molar-refractivity contribution < 1.29 is 9.21 Å². The maximum absolute atomic E-state index is 11.8. The van der Waals surface area contributed by atoms with Gasteiger partial charge >= 0.3 is 0 Å².